The Labute approximate surface area is 104 Å². The van der Waals surface area contributed by atoms with Gasteiger partial charge in [-0.15, -0.1) is 0 Å². The van der Waals surface area contributed by atoms with Gasteiger partial charge in [0.2, 0.25) is 0 Å². The lowest BCUT2D eigenvalue weighted by atomic mass is 10.2. The highest BCUT2D eigenvalue weighted by Crippen LogP contribution is 2.30. The number of aromatic nitrogens is 2. The van der Waals surface area contributed by atoms with E-state index in [0.29, 0.717) is 12.8 Å². The minimum atomic E-state index is -0.582. The largest absolute Gasteiger partial charge is 0.380 e. The molecule has 88 valence electrons. The van der Waals surface area contributed by atoms with Crippen molar-refractivity contribution >= 4 is 22.6 Å². The third kappa shape index (κ3) is 2.36. The zero-order chi connectivity index (χ0) is 11.7. The summed E-state index contributed by atoms with van der Waals surface area (Å²) in [7, 11) is 0. The van der Waals surface area contributed by atoms with Crippen LogP contribution in [0.1, 0.15) is 19.1 Å². The lowest BCUT2D eigenvalue weighted by Gasteiger charge is -2.16. The Morgan fingerprint density at radius 1 is 1.56 bits per heavy atom. The Hall–Kier alpha value is -0.670. The van der Waals surface area contributed by atoms with Gasteiger partial charge in [0.05, 0.1) is 6.10 Å². The lowest BCUT2D eigenvalue weighted by molar-refractivity contribution is -0.0300. The van der Waals surface area contributed by atoms with Crippen LogP contribution in [0, 0.1) is 0 Å². The highest BCUT2D eigenvalue weighted by molar-refractivity contribution is 14.1. The fourth-order valence-electron chi connectivity index (χ4n) is 1.71. The van der Waals surface area contributed by atoms with E-state index in [-0.39, 0.29) is 6.10 Å². The van der Waals surface area contributed by atoms with Crippen molar-refractivity contribution in [3.05, 3.63) is 33.1 Å². The number of nitrogens with one attached hydrogen (secondary N) is 1. The van der Waals surface area contributed by atoms with Gasteiger partial charge in [0, 0.05) is 12.3 Å². The number of rotatable bonds is 2. The van der Waals surface area contributed by atoms with Crippen molar-refractivity contribution in [1.82, 2.24) is 9.55 Å². The number of aliphatic hydroxyl groups excluding tert-OH is 1. The zero-order valence-electron chi connectivity index (χ0n) is 8.30. The average Bonchev–Trinajstić information content (AvgIpc) is 2.66. The molecule has 1 unspecified atom stereocenters. The van der Waals surface area contributed by atoms with Crippen LogP contribution in [0.4, 0.5) is 0 Å². The molecule has 1 fully saturated rings. The van der Waals surface area contributed by atoms with Crippen LogP contribution in [-0.2, 0) is 4.74 Å². The summed E-state index contributed by atoms with van der Waals surface area (Å²) in [4.78, 5) is 24.5. The molecule has 16 heavy (non-hydrogen) atoms. The zero-order valence-corrected chi connectivity index (χ0v) is 10.5. The minimum Gasteiger partial charge on any atom is -0.380 e. The van der Waals surface area contributed by atoms with E-state index >= 15 is 0 Å². The maximum absolute atomic E-state index is 11.5. The fraction of sp³-hybridized carbons (Fsp3) is 0.556. The standard InChI is InChI=1S/C9H11IN2O4/c10-8(14)5-1-2-7(16-5)12-4-3-6(13)11-9(12)15/h3-5,7-8,14H,1-2H2,(H,11,13,15)/t5-,7+,8?/m0/s1. The van der Waals surface area contributed by atoms with Crippen LogP contribution in [0.25, 0.3) is 0 Å². The maximum atomic E-state index is 11.5. The van der Waals surface area contributed by atoms with Gasteiger partial charge in [-0.2, -0.15) is 0 Å². The van der Waals surface area contributed by atoms with Gasteiger partial charge in [0.15, 0.2) is 0 Å². The van der Waals surface area contributed by atoms with Crippen LogP contribution in [-0.4, -0.2) is 24.9 Å². The fourth-order valence-corrected chi connectivity index (χ4v) is 2.23. The quantitative estimate of drug-likeness (QED) is 0.586. The summed E-state index contributed by atoms with van der Waals surface area (Å²) in [5.41, 5.74) is -0.911. The van der Waals surface area contributed by atoms with Gasteiger partial charge in [0.1, 0.15) is 10.3 Å². The summed E-state index contributed by atoms with van der Waals surface area (Å²) in [6, 6.07) is 1.28. The molecule has 2 rings (SSSR count). The van der Waals surface area contributed by atoms with E-state index in [4.69, 9.17) is 4.74 Å². The van der Waals surface area contributed by atoms with Crippen molar-refractivity contribution in [2.24, 2.45) is 0 Å². The normalized spacial score (nSPS) is 26.9. The number of aromatic amines is 1. The molecule has 1 aromatic heterocycles. The van der Waals surface area contributed by atoms with Gasteiger partial charge < -0.3 is 9.84 Å². The molecular weight excluding hydrogens is 327 g/mol. The molecule has 2 heterocycles. The van der Waals surface area contributed by atoms with Crippen molar-refractivity contribution in [3.8, 4) is 0 Å². The van der Waals surface area contributed by atoms with E-state index in [2.05, 4.69) is 4.98 Å². The predicted molar refractivity (Wildman–Crippen MR) is 64.5 cm³/mol. The van der Waals surface area contributed by atoms with E-state index < -0.39 is 21.6 Å². The van der Waals surface area contributed by atoms with Crippen molar-refractivity contribution < 1.29 is 9.84 Å². The Kier molecular flexibility index (Phi) is 3.45. The number of nitrogens with zero attached hydrogens (tertiary/aromatic N) is 1. The monoisotopic (exact) mass is 338 g/mol. The molecule has 3 atom stereocenters. The lowest BCUT2D eigenvalue weighted by Crippen LogP contribution is -2.32. The number of ether oxygens (including phenoxy) is 1. The first-order valence-electron chi connectivity index (χ1n) is 4.87. The number of alkyl halides is 1. The van der Waals surface area contributed by atoms with Crippen molar-refractivity contribution in [1.29, 1.82) is 0 Å². The molecule has 0 spiro atoms. The van der Waals surface area contributed by atoms with E-state index in [1.54, 1.807) is 0 Å². The summed E-state index contributed by atoms with van der Waals surface area (Å²) in [6.45, 7) is 0. The molecule has 0 bridgehead atoms. The van der Waals surface area contributed by atoms with Crippen molar-refractivity contribution in [2.75, 3.05) is 0 Å². The first-order valence-corrected chi connectivity index (χ1v) is 6.11. The van der Waals surface area contributed by atoms with Crippen LogP contribution in [0.5, 0.6) is 0 Å². The smallest absolute Gasteiger partial charge is 0.330 e. The first kappa shape index (κ1) is 11.8. The van der Waals surface area contributed by atoms with E-state index in [1.807, 2.05) is 22.6 Å². The highest BCUT2D eigenvalue weighted by Gasteiger charge is 2.30. The summed E-state index contributed by atoms with van der Waals surface area (Å²) in [6.07, 6.45) is 2.09. The molecule has 0 saturated carbocycles. The molecule has 6 nitrogen and oxygen atoms in total. The number of hydrogen-bond donors (Lipinski definition) is 2. The Bertz CT molecular complexity index is 481. The number of H-pyrrole nitrogens is 1. The third-order valence-corrected chi connectivity index (χ3v) is 3.30. The second-order valence-corrected chi connectivity index (χ2v) is 4.87. The molecule has 7 heteroatoms. The van der Waals surface area contributed by atoms with Crippen LogP contribution in [0.15, 0.2) is 21.9 Å². The van der Waals surface area contributed by atoms with E-state index in [1.165, 1.54) is 16.8 Å². The molecule has 0 radical (unpaired) electrons. The molecule has 1 saturated heterocycles. The highest BCUT2D eigenvalue weighted by atomic mass is 127. The number of aliphatic hydroxyl groups is 1. The summed E-state index contributed by atoms with van der Waals surface area (Å²) >= 11 is 1.87. The van der Waals surface area contributed by atoms with Crippen LogP contribution in [0.3, 0.4) is 0 Å². The topological polar surface area (TPSA) is 84.3 Å². The van der Waals surface area contributed by atoms with Crippen molar-refractivity contribution in [3.63, 3.8) is 0 Å². The molecule has 2 N–H and O–H groups in total. The van der Waals surface area contributed by atoms with Gasteiger partial charge in [-0.1, -0.05) is 0 Å². The predicted octanol–water partition coefficient (Wildman–Crippen LogP) is -0.0324. The summed E-state index contributed by atoms with van der Waals surface area (Å²) in [5, 5.41) is 9.35. The molecule has 1 aliphatic rings. The molecule has 1 aliphatic heterocycles. The Morgan fingerprint density at radius 2 is 2.31 bits per heavy atom. The second kappa shape index (κ2) is 4.68. The van der Waals surface area contributed by atoms with Gasteiger partial charge in [-0.05, 0) is 35.4 Å². The molecular formula is C9H11IN2O4. The van der Waals surface area contributed by atoms with E-state index in [9.17, 15) is 14.7 Å². The summed E-state index contributed by atoms with van der Waals surface area (Å²) in [5.74, 6) is 0. The van der Waals surface area contributed by atoms with Gasteiger partial charge >= 0.3 is 5.69 Å². The molecule has 0 aromatic carbocycles. The molecule has 1 aromatic rings. The molecule has 0 amide bonds. The first-order chi connectivity index (χ1) is 7.58. The SMILES string of the molecule is O=c1ccn([C@H]2CC[C@@H](C(O)I)O2)c(=O)[nH]1. The van der Waals surface area contributed by atoms with Gasteiger partial charge in [-0.25, -0.2) is 4.79 Å². The Morgan fingerprint density at radius 3 is 2.88 bits per heavy atom. The van der Waals surface area contributed by atoms with Crippen LogP contribution < -0.4 is 11.2 Å². The second-order valence-electron chi connectivity index (χ2n) is 3.60. The number of hydrogen-bond acceptors (Lipinski definition) is 4. The van der Waals surface area contributed by atoms with Crippen LogP contribution in [0.2, 0.25) is 0 Å². The maximum Gasteiger partial charge on any atom is 0.330 e. The van der Waals surface area contributed by atoms with E-state index in [0.717, 1.165) is 0 Å². The number of halogens is 1. The van der Waals surface area contributed by atoms with Crippen LogP contribution >= 0.6 is 22.6 Å². The minimum absolute atomic E-state index is 0.260. The van der Waals surface area contributed by atoms with Gasteiger partial charge in [0.25, 0.3) is 5.56 Å². The summed E-state index contributed by atoms with van der Waals surface area (Å²) < 4.78 is 6.26. The van der Waals surface area contributed by atoms with Gasteiger partial charge in [-0.3, -0.25) is 14.3 Å². The molecule has 0 aliphatic carbocycles. The Balaban J connectivity index is 2.21. The average molecular weight is 338 g/mol. The van der Waals surface area contributed by atoms with Crippen molar-refractivity contribution in [2.45, 2.75) is 29.3 Å². The third-order valence-electron chi connectivity index (χ3n) is 2.50.